The summed E-state index contributed by atoms with van der Waals surface area (Å²) in [6.45, 7) is 3.67. The Hall–Kier alpha value is -2.28. The maximum absolute atomic E-state index is 12.3. The predicted octanol–water partition coefficient (Wildman–Crippen LogP) is 0.558. The van der Waals surface area contributed by atoms with Crippen molar-refractivity contribution in [2.24, 2.45) is 11.7 Å². The largest absolute Gasteiger partial charge is 0.493 e. The van der Waals surface area contributed by atoms with E-state index in [0.717, 1.165) is 18.5 Å². The fourth-order valence-corrected chi connectivity index (χ4v) is 3.05. The number of benzene rings is 1. The Bertz CT molecular complexity index is 620. The normalized spacial score (nSPS) is 18.6. The second-order valence-electron chi connectivity index (χ2n) is 6.29. The molecule has 1 aliphatic heterocycles. The smallest absolute Gasteiger partial charge is 0.237 e. The van der Waals surface area contributed by atoms with Crippen LogP contribution in [0.2, 0.25) is 0 Å². The summed E-state index contributed by atoms with van der Waals surface area (Å²) in [5, 5.41) is 2.95. The molecule has 2 atom stereocenters. The van der Waals surface area contributed by atoms with Gasteiger partial charge in [-0.2, -0.15) is 0 Å². The van der Waals surface area contributed by atoms with Crippen molar-refractivity contribution < 1.29 is 19.1 Å². The van der Waals surface area contributed by atoms with Gasteiger partial charge in [-0.25, -0.2) is 0 Å². The molecule has 1 aromatic carbocycles. The topological polar surface area (TPSA) is 93.9 Å². The second-order valence-corrected chi connectivity index (χ2v) is 6.29. The van der Waals surface area contributed by atoms with Gasteiger partial charge in [0.15, 0.2) is 11.5 Å². The van der Waals surface area contributed by atoms with E-state index in [2.05, 4.69) is 5.32 Å². The molecule has 7 heteroatoms. The molecular formula is C18H27N3O4. The van der Waals surface area contributed by atoms with E-state index in [1.807, 2.05) is 30.0 Å². The molecule has 3 N–H and O–H groups in total. The highest BCUT2D eigenvalue weighted by atomic mass is 16.5. The van der Waals surface area contributed by atoms with Crippen LogP contribution in [0.1, 0.15) is 18.9 Å². The number of hydrogen-bond donors (Lipinski definition) is 2. The number of carbonyl (C=O) groups excluding carboxylic acids is 2. The molecule has 1 aliphatic rings. The third-order valence-corrected chi connectivity index (χ3v) is 4.71. The van der Waals surface area contributed by atoms with Crippen LogP contribution in [0.25, 0.3) is 0 Å². The maximum Gasteiger partial charge on any atom is 0.237 e. The van der Waals surface area contributed by atoms with E-state index in [1.54, 1.807) is 14.2 Å². The van der Waals surface area contributed by atoms with Gasteiger partial charge in [-0.1, -0.05) is 6.07 Å². The standard InChI is InChI=1S/C18H27N3O4/c1-12(21-9-7-14(11-21)17(19)22)18(23)20-8-6-13-4-5-15(24-2)16(10-13)25-3/h4-5,10,12,14H,6-9,11H2,1-3H3,(H2,19,22)(H,20,23)/t12-,14-/m1/s1. The number of amides is 2. The zero-order valence-corrected chi connectivity index (χ0v) is 15.1. The van der Waals surface area contributed by atoms with E-state index in [4.69, 9.17) is 15.2 Å². The van der Waals surface area contributed by atoms with Crippen LogP contribution in [0, 0.1) is 5.92 Å². The van der Waals surface area contributed by atoms with Gasteiger partial charge in [-0.15, -0.1) is 0 Å². The van der Waals surface area contributed by atoms with Crippen LogP contribution in [-0.2, 0) is 16.0 Å². The van der Waals surface area contributed by atoms with Crippen molar-refractivity contribution in [2.45, 2.75) is 25.8 Å². The lowest BCUT2D eigenvalue weighted by atomic mass is 10.1. The van der Waals surface area contributed by atoms with E-state index < -0.39 is 0 Å². The Morgan fingerprint density at radius 3 is 2.64 bits per heavy atom. The van der Waals surface area contributed by atoms with Crippen LogP contribution in [0.3, 0.4) is 0 Å². The molecule has 0 unspecified atom stereocenters. The number of nitrogens with zero attached hydrogens (tertiary/aromatic N) is 1. The van der Waals surface area contributed by atoms with E-state index in [-0.39, 0.29) is 23.8 Å². The first kappa shape index (κ1) is 19.1. The Morgan fingerprint density at radius 1 is 1.32 bits per heavy atom. The van der Waals surface area contributed by atoms with Crippen molar-refractivity contribution in [2.75, 3.05) is 33.9 Å². The number of primary amides is 1. The molecule has 0 saturated carbocycles. The molecule has 1 aromatic rings. The number of nitrogens with one attached hydrogen (secondary N) is 1. The SMILES string of the molecule is COc1ccc(CCNC(=O)[C@@H](C)N2CC[C@@H](C(N)=O)C2)cc1OC. The predicted molar refractivity (Wildman–Crippen MR) is 94.6 cm³/mol. The van der Waals surface area contributed by atoms with Gasteiger partial charge < -0.3 is 20.5 Å². The zero-order valence-electron chi connectivity index (χ0n) is 15.1. The number of methoxy groups -OCH3 is 2. The summed E-state index contributed by atoms with van der Waals surface area (Å²) >= 11 is 0. The Kier molecular flexibility index (Phi) is 6.64. The molecular weight excluding hydrogens is 322 g/mol. The summed E-state index contributed by atoms with van der Waals surface area (Å²) in [7, 11) is 3.20. The lowest BCUT2D eigenvalue weighted by molar-refractivity contribution is -0.126. The van der Waals surface area contributed by atoms with Gasteiger partial charge in [-0.3, -0.25) is 14.5 Å². The van der Waals surface area contributed by atoms with Gasteiger partial charge in [0.2, 0.25) is 11.8 Å². The summed E-state index contributed by atoms with van der Waals surface area (Å²) in [6.07, 6.45) is 1.42. The van der Waals surface area contributed by atoms with E-state index in [0.29, 0.717) is 31.0 Å². The first-order valence-corrected chi connectivity index (χ1v) is 8.48. The fraction of sp³-hybridized carbons (Fsp3) is 0.556. The minimum Gasteiger partial charge on any atom is -0.493 e. The average molecular weight is 349 g/mol. The summed E-state index contributed by atoms with van der Waals surface area (Å²) in [6, 6.07) is 5.45. The first-order valence-electron chi connectivity index (χ1n) is 8.48. The first-order chi connectivity index (χ1) is 12.0. The van der Waals surface area contributed by atoms with Crippen molar-refractivity contribution in [3.05, 3.63) is 23.8 Å². The molecule has 0 aliphatic carbocycles. The highest BCUT2D eigenvalue weighted by Gasteiger charge is 2.31. The molecule has 1 fully saturated rings. The Morgan fingerprint density at radius 2 is 2.04 bits per heavy atom. The van der Waals surface area contributed by atoms with Crippen molar-refractivity contribution in [1.82, 2.24) is 10.2 Å². The fourth-order valence-electron chi connectivity index (χ4n) is 3.05. The average Bonchev–Trinajstić information content (AvgIpc) is 3.11. The quantitative estimate of drug-likeness (QED) is 0.715. The molecule has 0 bridgehead atoms. The van der Waals surface area contributed by atoms with Crippen LogP contribution in [0.5, 0.6) is 11.5 Å². The second kappa shape index (κ2) is 8.71. The van der Waals surface area contributed by atoms with Gasteiger partial charge in [0, 0.05) is 13.1 Å². The highest BCUT2D eigenvalue weighted by Crippen LogP contribution is 2.27. The van der Waals surface area contributed by atoms with Crippen LogP contribution in [-0.4, -0.2) is 56.6 Å². The van der Waals surface area contributed by atoms with Crippen LogP contribution in [0.4, 0.5) is 0 Å². The summed E-state index contributed by atoms with van der Waals surface area (Å²) in [4.78, 5) is 25.6. The molecule has 2 rings (SSSR count). The lowest BCUT2D eigenvalue weighted by Gasteiger charge is -2.23. The third kappa shape index (κ3) is 4.85. The molecule has 0 aromatic heterocycles. The van der Waals surface area contributed by atoms with E-state index in [1.165, 1.54) is 0 Å². The number of ether oxygens (including phenoxy) is 2. The minimum absolute atomic E-state index is 0.0365. The zero-order chi connectivity index (χ0) is 18.4. The molecule has 7 nitrogen and oxygen atoms in total. The molecule has 1 saturated heterocycles. The summed E-state index contributed by atoms with van der Waals surface area (Å²) < 4.78 is 10.5. The van der Waals surface area contributed by atoms with Crippen molar-refractivity contribution in [3.8, 4) is 11.5 Å². The Balaban J connectivity index is 1.81. The number of carbonyl (C=O) groups is 2. The van der Waals surface area contributed by atoms with Crippen LogP contribution < -0.4 is 20.5 Å². The maximum atomic E-state index is 12.3. The van der Waals surface area contributed by atoms with E-state index in [9.17, 15) is 9.59 Å². The van der Waals surface area contributed by atoms with Gasteiger partial charge in [0.05, 0.1) is 26.2 Å². The minimum atomic E-state index is -0.288. The van der Waals surface area contributed by atoms with Gasteiger partial charge in [0.1, 0.15) is 0 Å². The molecule has 2 amide bonds. The molecule has 25 heavy (non-hydrogen) atoms. The summed E-state index contributed by atoms with van der Waals surface area (Å²) in [5.74, 6) is 0.882. The Labute approximate surface area is 148 Å². The van der Waals surface area contributed by atoms with Gasteiger partial charge in [-0.05, 0) is 44.0 Å². The molecule has 1 heterocycles. The third-order valence-electron chi connectivity index (χ3n) is 4.71. The molecule has 0 radical (unpaired) electrons. The monoisotopic (exact) mass is 349 g/mol. The molecule has 0 spiro atoms. The number of hydrogen-bond acceptors (Lipinski definition) is 5. The van der Waals surface area contributed by atoms with Gasteiger partial charge in [0.25, 0.3) is 0 Å². The van der Waals surface area contributed by atoms with Crippen molar-refractivity contribution >= 4 is 11.8 Å². The van der Waals surface area contributed by atoms with Crippen LogP contribution >= 0.6 is 0 Å². The van der Waals surface area contributed by atoms with Crippen LogP contribution in [0.15, 0.2) is 18.2 Å². The van der Waals surface area contributed by atoms with E-state index >= 15 is 0 Å². The number of rotatable bonds is 8. The molecule has 138 valence electrons. The van der Waals surface area contributed by atoms with Crippen molar-refractivity contribution in [3.63, 3.8) is 0 Å². The number of likely N-dealkylation sites (tertiary alicyclic amines) is 1. The van der Waals surface area contributed by atoms with Crippen molar-refractivity contribution in [1.29, 1.82) is 0 Å². The van der Waals surface area contributed by atoms with Gasteiger partial charge >= 0.3 is 0 Å². The summed E-state index contributed by atoms with van der Waals surface area (Å²) in [5.41, 5.74) is 6.40. The lowest BCUT2D eigenvalue weighted by Crippen LogP contribution is -2.45. The number of nitrogens with two attached hydrogens (primary N) is 1. The highest BCUT2D eigenvalue weighted by molar-refractivity contribution is 5.82.